The minimum absolute atomic E-state index is 1.13. The van der Waals surface area contributed by atoms with E-state index in [9.17, 15) is 0 Å². The molecular formula is C11H9BrS. The van der Waals surface area contributed by atoms with Crippen molar-refractivity contribution in [3.8, 4) is 10.4 Å². The first kappa shape index (κ1) is 8.97. The summed E-state index contributed by atoms with van der Waals surface area (Å²) in [5, 5.41) is 0. The van der Waals surface area contributed by atoms with E-state index in [1.54, 1.807) is 0 Å². The van der Waals surface area contributed by atoms with Crippen molar-refractivity contribution in [3.05, 3.63) is 45.7 Å². The van der Waals surface area contributed by atoms with Crippen LogP contribution in [0.1, 0.15) is 4.88 Å². The van der Waals surface area contributed by atoms with Gasteiger partial charge in [-0.15, -0.1) is 11.3 Å². The van der Waals surface area contributed by atoms with Crippen LogP contribution in [0.2, 0.25) is 0 Å². The SMILES string of the molecule is Cc1ccc(-c2ccc(Br)cc2)s1. The van der Waals surface area contributed by atoms with Crippen LogP contribution in [0.4, 0.5) is 0 Å². The molecule has 0 nitrogen and oxygen atoms in total. The lowest BCUT2D eigenvalue weighted by Crippen LogP contribution is -1.69. The summed E-state index contributed by atoms with van der Waals surface area (Å²) in [5.41, 5.74) is 1.29. The van der Waals surface area contributed by atoms with Crippen molar-refractivity contribution in [2.45, 2.75) is 6.92 Å². The predicted molar refractivity (Wildman–Crippen MR) is 62.2 cm³/mol. The third-order valence-corrected chi connectivity index (χ3v) is 3.45. The summed E-state index contributed by atoms with van der Waals surface area (Å²) in [5.74, 6) is 0. The van der Waals surface area contributed by atoms with Crippen molar-refractivity contribution in [2.75, 3.05) is 0 Å². The molecule has 66 valence electrons. The van der Waals surface area contributed by atoms with E-state index in [-0.39, 0.29) is 0 Å². The van der Waals surface area contributed by atoms with Gasteiger partial charge < -0.3 is 0 Å². The molecule has 0 saturated heterocycles. The van der Waals surface area contributed by atoms with Gasteiger partial charge in [0.15, 0.2) is 0 Å². The van der Waals surface area contributed by atoms with Crippen LogP contribution >= 0.6 is 27.3 Å². The molecule has 13 heavy (non-hydrogen) atoms. The van der Waals surface area contributed by atoms with Gasteiger partial charge >= 0.3 is 0 Å². The summed E-state index contributed by atoms with van der Waals surface area (Å²) in [4.78, 5) is 2.70. The molecule has 0 aliphatic carbocycles. The maximum absolute atomic E-state index is 3.43. The topological polar surface area (TPSA) is 0 Å². The Bertz CT molecular complexity index is 400. The number of hydrogen-bond donors (Lipinski definition) is 0. The number of halogens is 1. The highest BCUT2D eigenvalue weighted by Gasteiger charge is 1.99. The van der Waals surface area contributed by atoms with Crippen LogP contribution in [0, 0.1) is 6.92 Å². The molecule has 0 amide bonds. The summed E-state index contributed by atoms with van der Waals surface area (Å²) < 4.78 is 1.13. The van der Waals surface area contributed by atoms with Gasteiger partial charge in [0.05, 0.1) is 0 Å². The molecule has 0 aliphatic rings. The summed E-state index contributed by atoms with van der Waals surface area (Å²) in [6, 6.07) is 12.7. The minimum Gasteiger partial charge on any atom is -0.141 e. The Balaban J connectivity index is 2.41. The zero-order chi connectivity index (χ0) is 9.26. The number of aryl methyl sites for hydroxylation is 1. The third-order valence-electron chi connectivity index (χ3n) is 1.87. The molecule has 2 heteroatoms. The summed E-state index contributed by atoms with van der Waals surface area (Å²) in [6.07, 6.45) is 0. The monoisotopic (exact) mass is 252 g/mol. The highest BCUT2D eigenvalue weighted by atomic mass is 79.9. The van der Waals surface area contributed by atoms with Crippen molar-refractivity contribution in [2.24, 2.45) is 0 Å². The van der Waals surface area contributed by atoms with Gasteiger partial charge in [-0.2, -0.15) is 0 Å². The molecule has 0 bridgehead atoms. The smallest absolute Gasteiger partial charge is 0.0345 e. The van der Waals surface area contributed by atoms with E-state index in [1.165, 1.54) is 15.3 Å². The van der Waals surface area contributed by atoms with Crippen LogP contribution in [0.5, 0.6) is 0 Å². The van der Waals surface area contributed by atoms with Gasteiger partial charge in [0.1, 0.15) is 0 Å². The molecule has 0 N–H and O–H groups in total. The van der Waals surface area contributed by atoms with Gasteiger partial charge in [-0.25, -0.2) is 0 Å². The Kier molecular flexibility index (Phi) is 2.51. The lowest BCUT2D eigenvalue weighted by atomic mass is 10.2. The Morgan fingerprint density at radius 3 is 2.23 bits per heavy atom. The summed E-state index contributed by atoms with van der Waals surface area (Å²) >= 11 is 5.26. The highest BCUT2D eigenvalue weighted by molar-refractivity contribution is 9.10. The van der Waals surface area contributed by atoms with E-state index >= 15 is 0 Å². The van der Waals surface area contributed by atoms with Crippen molar-refractivity contribution < 1.29 is 0 Å². The van der Waals surface area contributed by atoms with Crippen molar-refractivity contribution in [1.82, 2.24) is 0 Å². The van der Waals surface area contributed by atoms with Crippen LogP contribution in [0.3, 0.4) is 0 Å². The Labute approximate surface area is 90.4 Å². The molecular weight excluding hydrogens is 244 g/mol. The van der Waals surface area contributed by atoms with E-state index in [4.69, 9.17) is 0 Å². The summed E-state index contributed by atoms with van der Waals surface area (Å²) in [6.45, 7) is 2.13. The van der Waals surface area contributed by atoms with E-state index in [0.29, 0.717) is 0 Å². The molecule has 1 aromatic heterocycles. The van der Waals surface area contributed by atoms with Gasteiger partial charge in [-0.1, -0.05) is 28.1 Å². The predicted octanol–water partition coefficient (Wildman–Crippen LogP) is 4.49. The fourth-order valence-electron chi connectivity index (χ4n) is 1.20. The fourth-order valence-corrected chi connectivity index (χ4v) is 2.34. The molecule has 0 fully saturated rings. The number of rotatable bonds is 1. The maximum Gasteiger partial charge on any atom is 0.0345 e. The van der Waals surface area contributed by atoms with E-state index in [2.05, 4.69) is 59.3 Å². The van der Waals surface area contributed by atoms with Crippen LogP contribution in [0.15, 0.2) is 40.9 Å². The van der Waals surface area contributed by atoms with Crippen molar-refractivity contribution in [1.29, 1.82) is 0 Å². The number of benzene rings is 1. The van der Waals surface area contributed by atoms with E-state index < -0.39 is 0 Å². The quantitative estimate of drug-likeness (QED) is 0.702. The first-order valence-corrected chi connectivity index (χ1v) is 5.69. The fraction of sp³-hybridized carbons (Fsp3) is 0.0909. The summed E-state index contributed by atoms with van der Waals surface area (Å²) in [7, 11) is 0. The van der Waals surface area contributed by atoms with Crippen molar-refractivity contribution in [3.63, 3.8) is 0 Å². The van der Waals surface area contributed by atoms with Crippen LogP contribution in [-0.2, 0) is 0 Å². The molecule has 1 aromatic carbocycles. The van der Waals surface area contributed by atoms with Crippen LogP contribution in [0.25, 0.3) is 10.4 Å². The Hall–Kier alpha value is -0.600. The largest absolute Gasteiger partial charge is 0.141 e. The van der Waals surface area contributed by atoms with Crippen LogP contribution in [-0.4, -0.2) is 0 Å². The molecule has 0 atom stereocenters. The highest BCUT2D eigenvalue weighted by Crippen LogP contribution is 2.28. The molecule has 0 saturated carbocycles. The molecule has 0 spiro atoms. The molecule has 1 heterocycles. The average molecular weight is 253 g/mol. The van der Waals surface area contributed by atoms with Crippen LogP contribution < -0.4 is 0 Å². The Morgan fingerprint density at radius 2 is 1.69 bits per heavy atom. The lowest BCUT2D eigenvalue weighted by molar-refractivity contribution is 1.63. The minimum atomic E-state index is 1.13. The zero-order valence-corrected chi connectivity index (χ0v) is 9.65. The zero-order valence-electron chi connectivity index (χ0n) is 7.25. The molecule has 0 unspecified atom stereocenters. The van der Waals surface area contributed by atoms with Crippen molar-refractivity contribution >= 4 is 27.3 Å². The first-order valence-electron chi connectivity index (χ1n) is 4.08. The molecule has 0 radical (unpaired) electrons. The van der Waals surface area contributed by atoms with Gasteiger partial charge in [0, 0.05) is 14.2 Å². The average Bonchev–Trinajstić information content (AvgIpc) is 2.53. The molecule has 2 aromatic rings. The first-order chi connectivity index (χ1) is 6.25. The molecule has 2 rings (SSSR count). The van der Waals surface area contributed by atoms with E-state index in [0.717, 1.165) is 4.47 Å². The normalized spacial score (nSPS) is 10.3. The number of hydrogen-bond acceptors (Lipinski definition) is 1. The standard InChI is InChI=1S/C11H9BrS/c1-8-2-7-11(13-8)9-3-5-10(12)6-4-9/h2-7H,1H3. The third kappa shape index (κ3) is 2.01. The number of thiophene rings is 1. The Morgan fingerprint density at radius 1 is 1.00 bits per heavy atom. The molecule has 0 aliphatic heterocycles. The van der Waals surface area contributed by atoms with E-state index in [1.807, 2.05) is 11.3 Å². The van der Waals surface area contributed by atoms with Gasteiger partial charge in [-0.3, -0.25) is 0 Å². The second-order valence-electron chi connectivity index (χ2n) is 2.92. The van der Waals surface area contributed by atoms with Gasteiger partial charge in [-0.05, 0) is 36.8 Å². The second kappa shape index (κ2) is 3.64. The van der Waals surface area contributed by atoms with Gasteiger partial charge in [0.2, 0.25) is 0 Å². The second-order valence-corrected chi connectivity index (χ2v) is 5.12. The van der Waals surface area contributed by atoms with Gasteiger partial charge in [0.25, 0.3) is 0 Å². The lowest BCUT2D eigenvalue weighted by Gasteiger charge is -1.96. The maximum atomic E-state index is 3.43.